The number of aryl methyl sites for hydroxylation is 3. The topological polar surface area (TPSA) is 115 Å². The molecule has 0 atom stereocenters. The number of carbonyl (C=O) groups is 2. The molecule has 5 rings (SSSR count). The van der Waals surface area contributed by atoms with Gasteiger partial charge in [0.1, 0.15) is 28.7 Å². The number of primary amides is 1. The molecule has 3 heterocycles. The summed E-state index contributed by atoms with van der Waals surface area (Å²) in [5, 5.41) is 10.7. The molecule has 0 radical (unpaired) electrons. The molecular formula is C31H33FN6O2. The summed E-state index contributed by atoms with van der Waals surface area (Å²) in [4.78, 5) is 30.1. The van der Waals surface area contributed by atoms with Crippen LogP contribution in [0.15, 0.2) is 48.5 Å². The van der Waals surface area contributed by atoms with Crippen LogP contribution in [-0.2, 0) is 24.8 Å². The number of halogens is 1. The lowest BCUT2D eigenvalue weighted by Crippen LogP contribution is -2.16. The van der Waals surface area contributed by atoms with Crippen molar-refractivity contribution >= 4 is 29.1 Å². The summed E-state index contributed by atoms with van der Waals surface area (Å²) < 4.78 is 17.5. The first-order valence-corrected chi connectivity index (χ1v) is 13.4. The minimum atomic E-state index is -0.723. The molecule has 9 heteroatoms. The van der Waals surface area contributed by atoms with E-state index in [0.29, 0.717) is 24.6 Å². The van der Waals surface area contributed by atoms with Crippen LogP contribution in [0.4, 0.5) is 21.7 Å². The first kappa shape index (κ1) is 27.1. The van der Waals surface area contributed by atoms with E-state index in [1.807, 2.05) is 25.1 Å². The van der Waals surface area contributed by atoms with Crippen molar-refractivity contribution in [2.75, 3.05) is 10.6 Å². The van der Waals surface area contributed by atoms with Crippen LogP contribution < -0.4 is 16.4 Å². The normalized spacial score (nSPS) is 12.7. The molecule has 0 spiro atoms. The van der Waals surface area contributed by atoms with Gasteiger partial charge >= 0.3 is 0 Å². The van der Waals surface area contributed by atoms with Crippen molar-refractivity contribution in [3.8, 4) is 11.3 Å². The number of nitrogens with two attached hydrogens (primary N) is 1. The van der Waals surface area contributed by atoms with Crippen molar-refractivity contribution in [3.05, 3.63) is 87.9 Å². The number of aromatic nitrogens is 3. The molecule has 0 unspecified atom stereocenters. The third kappa shape index (κ3) is 4.95. The zero-order valence-corrected chi connectivity index (χ0v) is 23.4. The Labute approximate surface area is 232 Å². The van der Waals surface area contributed by atoms with Crippen LogP contribution in [0.5, 0.6) is 0 Å². The fourth-order valence-corrected chi connectivity index (χ4v) is 4.96. The second-order valence-electron chi connectivity index (χ2n) is 11.1. The number of pyridine rings is 1. The molecule has 4 aromatic rings. The van der Waals surface area contributed by atoms with Crippen molar-refractivity contribution in [1.82, 2.24) is 14.8 Å². The van der Waals surface area contributed by atoms with Crippen molar-refractivity contribution < 1.29 is 14.0 Å². The Kier molecular flexibility index (Phi) is 6.91. The summed E-state index contributed by atoms with van der Waals surface area (Å²) in [6.45, 7) is 10.5. The lowest BCUT2D eigenvalue weighted by Gasteiger charge is -2.21. The van der Waals surface area contributed by atoms with Gasteiger partial charge in [0.25, 0.3) is 11.8 Å². The Hall–Kier alpha value is -4.53. The van der Waals surface area contributed by atoms with Crippen LogP contribution in [0, 0.1) is 12.7 Å². The molecule has 2 aromatic heterocycles. The molecule has 8 nitrogen and oxygen atoms in total. The first-order valence-electron chi connectivity index (χ1n) is 13.4. The van der Waals surface area contributed by atoms with Gasteiger partial charge in [0.15, 0.2) is 0 Å². The number of fused-ring (bicyclic) bond motifs is 2. The average molecular weight is 541 g/mol. The van der Waals surface area contributed by atoms with Gasteiger partial charge in [-0.1, -0.05) is 45.9 Å². The Morgan fingerprint density at radius 3 is 2.62 bits per heavy atom. The van der Waals surface area contributed by atoms with Crippen LogP contribution in [0.3, 0.4) is 0 Å². The predicted octanol–water partition coefficient (Wildman–Crippen LogP) is 5.90. The van der Waals surface area contributed by atoms with Crippen molar-refractivity contribution in [2.24, 2.45) is 5.73 Å². The number of hydrogen-bond acceptors (Lipinski definition) is 5. The van der Waals surface area contributed by atoms with E-state index in [0.717, 1.165) is 23.4 Å². The van der Waals surface area contributed by atoms with Gasteiger partial charge in [0, 0.05) is 29.1 Å². The van der Waals surface area contributed by atoms with Gasteiger partial charge < -0.3 is 16.4 Å². The SMILES string of the molecule is CCc1cccc(NC(=O)c2ccc(-c3nn4c(c3C(N)=O)Nc3ccc(C(C)(C)C)cc3CC4)c(F)c2C)n1. The molecule has 4 N–H and O–H groups in total. The second kappa shape index (κ2) is 10.2. The molecule has 2 amide bonds. The third-order valence-electron chi connectivity index (χ3n) is 7.31. The van der Waals surface area contributed by atoms with E-state index >= 15 is 4.39 Å². The molecule has 40 heavy (non-hydrogen) atoms. The molecule has 206 valence electrons. The molecule has 1 aliphatic heterocycles. The number of rotatable bonds is 5. The van der Waals surface area contributed by atoms with Crippen molar-refractivity contribution in [3.63, 3.8) is 0 Å². The van der Waals surface area contributed by atoms with Crippen LogP contribution >= 0.6 is 0 Å². The third-order valence-corrected chi connectivity index (χ3v) is 7.31. The maximum Gasteiger partial charge on any atom is 0.257 e. The van der Waals surface area contributed by atoms with Gasteiger partial charge in [-0.15, -0.1) is 0 Å². The van der Waals surface area contributed by atoms with E-state index in [4.69, 9.17) is 5.73 Å². The Morgan fingerprint density at radius 2 is 1.93 bits per heavy atom. The molecule has 1 aliphatic rings. The molecule has 0 saturated heterocycles. The first-order chi connectivity index (χ1) is 19.0. The van der Waals surface area contributed by atoms with Crippen LogP contribution in [-0.4, -0.2) is 26.6 Å². The molecular weight excluding hydrogens is 507 g/mol. The van der Waals surface area contributed by atoms with E-state index < -0.39 is 17.6 Å². The van der Waals surface area contributed by atoms with E-state index in [9.17, 15) is 9.59 Å². The van der Waals surface area contributed by atoms with Crippen LogP contribution in [0.25, 0.3) is 11.3 Å². The zero-order valence-electron chi connectivity index (χ0n) is 23.4. The fourth-order valence-electron chi connectivity index (χ4n) is 4.96. The number of carbonyl (C=O) groups excluding carboxylic acids is 2. The van der Waals surface area contributed by atoms with Gasteiger partial charge in [0.05, 0.1) is 0 Å². The molecule has 0 saturated carbocycles. The number of hydrogen-bond donors (Lipinski definition) is 3. The number of amides is 2. The summed E-state index contributed by atoms with van der Waals surface area (Å²) >= 11 is 0. The van der Waals surface area contributed by atoms with Gasteiger partial charge in [-0.3, -0.25) is 9.59 Å². The molecule has 0 aliphatic carbocycles. The maximum absolute atomic E-state index is 15.8. The minimum Gasteiger partial charge on any atom is -0.365 e. The number of nitrogens with one attached hydrogen (secondary N) is 2. The fraction of sp³-hybridized carbons (Fsp3) is 0.290. The van der Waals surface area contributed by atoms with Crippen molar-refractivity contribution in [2.45, 2.75) is 59.4 Å². The monoisotopic (exact) mass is 540 g/mol. The average Bonchev–Trinajstić information content (AvgIpc) is 3.17. The maximum atomic E-state index is 15.8. The van der Waals surface area contributed by atoms with Crippen LogP contribution in [0.2, 0.25) is 0 Å². The van der Waals surface area contributed by atoms with Crippen molar-refractivity contribution in [1.29, 1.82) is 0 Å². The van der Waals surface area contributed by atoms with E-state index in [2.05, 4.69) is 53.6 Å². The van der Waals surface area contributed by atoms with Gasteiger partial charge in [-0.05, 0) is 72.2 Å². The summed E-state index contributed by atoms with van der Waals surface area (Å²) in [6, 6.07) is 14.6. The van der Waals surface area contributed by atoms with Gasteiger partial charge in [-0.25, -0.2) is 14.1 Å². The summed E-state index contributed by atoms with van der Waals surface area (Å²) in [6.07, 6.45) is 1.40. The smallest absolute Gasteiger partial charge is 0.257 e. The van der Waals surface area contributed by atoms with Gasteiger partial charge in [0.2, 0.25) is 0 Å². The number of anilines is 3. The standard InChI is InChI=1S/C31H33FN6O2/c1-6-20-8-7-9-24(34-20)36-30(40)21-11-12-22(26(32)17(21)2)27-25(28(33)39)29-35-23-13-10-19(31(3,4)5)16-18(23)14-15-38(29)37-27/h7-13,16,35H,6,14-15H2,1-5H3,(H2,33,39)(H,34,36,40). The lowest BCUT2D eigenvalue weighted by molar-refractivity contribution is 0.0998. The predicted molar refractivity (Wildman–Crippen MR) is 155 cm³/mol. The lowest BCUT2D eigenvalue weighted by atomic mass is 9.85. The quantitative estimate of drug-likeness (QED) is 0.291. The zero-order chi connectivity index (χ0) is 28.8. The Morgan fingerprint density at radius 1 is 1.15 bits per heavy atom. The highest BCUT2D eigenvalue weighted by molar-refractivity contribution is 6.07. The van der Waals surface area contributed by atoms with E-state index in [1.165, 1.54) is 24.6 Å². The molecule has 0 fully saturated rings. The summed E-state index contributed by atoms with van der Waals surface area (Å²) in [5.41, 5.74) is 10.4. The second-order valence-corrected chi connectivity index (χ2v) is 11.1. The minimum absolute atomic E-state index is 0.00498. The summed E-state index contributed by atoms with van der Waals surface area (Å²) in [7, 11) is 0. The summed E-state index contributed by atoms with van der Waals surface area (Å²) in [5.74, 6) is -1.03. The van der Waals surface area contributed by atoms with Crippen LogP contribution in [0.1, 0.15) is 70.8 Å². The Balaban J connectivity index is 1.51. The number of benzene rings is 2. The Bertz CT molecular complexity index is 1650. The highest BCUT2D eigenvalue weighted by atomic mass is 19.1. The van der Waals surface area contributed by atoms with E-state index in [1.54, 1.807) is 10.7 Å². The largest absolute Gasteiger partial charge is 0.365 e. The highest BCUT2D eigenvalue weighted by Crippen LogP contribution is 2.37. The highest BCUT2D eigenvalue weighted by Gasteiger charge is 2.29. The number of nitrogens with zero attached hydrogens (tertiary/aromatic N) is 3. The molecule has 2 aromatic carbocycles. The van der Waals surface area contributed by atoms with E-state index in [-0.39, 0.29) is 33.4 Å². The molecule has 0 bridgehead atoms. The van der Waals surface area contributed by atoms with Gasteiger partial charge in [-0.2, -0.15) is 5.10 Å².